The number of hydrogen-bond donors (Lipinski definition) is 2. The standard InChI is InChI=1S/C35H44O4/c1-32-15-5-17-34(3,28(32)13-9-22-7-11-24(36)19-26(22)32)30(38)21-31(39)35(4)18-6-16-33(2)27-20-25(37)12-8-23(27)10-14-29(33)35/h7-8,11-12,19-20,28-29,36-37H,5-6,9-10,13-18,21H2,1-4H3/t28-,29-,32-,33-,34+,35+/m1/s1. The molecule has 0 aliphatic heterocycles. The average molecular weight is 529 g/mol. The SMILES string of the molecule is C[C@]1(C(=O)CC(=O)[C@@]2(C)CCC[C@]3(C)c4cc(O)ccc4CC[C@@H]23)CCC[C@]2(C)c3cc(O)ccc3CC[C@@H]12. The first-order valence-corrected chi connectivity index (χ1v) is 15.1. The second-order valence-corrected chi connectivity index (χ2v) is 14.3. The number of aromatic hydroxyl groups is 2. The summed E-state index contributed by atoms with van der Waals surface area (Å²) in [6.45, 7) is 8.83. The molecule has 0 radical (unpaired) electrons. The number of benzene rings is 2. The van der Waals surface area contributed by atoms with Crippen LogP contribution in [0.15, 0.2) is 36.4 Å². The fraction of sp³-hybridized carbons (Fsp3) is 0.600. The Bertz CT molecular complexity index is 1240. The van der Waals surface area contributed by atoms with Gasteiger partial charge in [0, 0.05) is 10.8 Å². The predicted molar refractivity (Wildman–Crippen MR) is 153 cm³/mol. The summed E-state index contributed by atoms with van der Waals surface area (Å²) in [7, 11) is 0. The smallest absolute Gasteiger partial charge is 0.146 e. The molecule has 0 aromatic heterocycles. The van der Waals surface area contributed by atoms with E-state index < -0.39 is 10.8 Å². The molecule has 4 nitrogen and oxygen atoms in total. The van der Waals surface area contributed by atoms with Gasteiger partial charge in [-0.15, -0.1) is 0 Å². The van der Waals surface area contributed by atoms with E-state index in [0.29, 0.717) is 11.5 Å². The maximum atomic E-state index is 14.3. The van der Waals surface area contributed by atoms with Crippen LogP contribution in [0.4, 0.5) is 0 Å². The molecule has 208 valence electrons. The summed E-state index contributed by atoms with van der Waals surface area (Å²) in [6.07, 6.45) is 9.33. The molecule has 2 saturated carbocycles. The monoisotopic (exact) mass is 528 g/mol. The fourth-order valence-corrected chi connectivity index (χ4v) is 10.1. The van der Waals surface area contributed by atoms with E-state index in [0.717, 1.165) is 64.2 Å². The fourth-order valence-electron chi connectivity index (χ4n) is 10.1. The predicted octanol–water partition coefficient (Wildman–Crippen LogP) is 7.35. The molecule has 0 amide bonds. The van der Waals surface area contributed by atoms with Crippen molar-refractivity contribution in [2.24, 2.45) is 22.7 Å². The van der Waals surface area contributed by atoms with Crippen molar-refractivity contribution in [1.82, 2.24) is 0 Å². The molecule has 2 fully saturated rings. The van der Waals surface area contributed by atoms with Crippen LogP contribution in [0.3, 0.4) is 0 Å². The zero-order valence-electron chi connectivity index (χ0n) is 24.1. The lowest BCUT2D eigenvalue weighted by Gasteiger charge is -2.56. The van der Waals surface area contributed by atoms with Gasteiger partial charge in [0.2, 0.25) is 0 Å². The van der Waals surface area contributed by atoms with Gasteiger partial charge in [-0.1, -0.05) is 52.7 Å². The molecule has 2 aromatic carbocycles. The molecule has 4 aliphatic rings. The second kappa shape index (κ2) is 8.94. The number of phenolic OH excluding ortho intramolecular Hbond substituents is 2. The van der Waals surface area contributed by atoms with Crippen molar-refractivity contribution in [2.75, 3.05) is 0 Å². The highest BCUT2D eigenvalue weighted by atomic mass is 16.3. The van der Waals surface area contributed by atoms with E-state index in [1.54, 1.807) is 12.1 Å². The quantitative estimate of drug-likeness (QED) is 0.407. The number of Topliss-reactive ketones (excluding diaryl/α,β-unsaturated/α-hetero) is 2. The summed E-state index contributed by atoms with van der Waals surface area (Å²) in [5.41, 5.74) is 3.57. The molecule has 0 spiro atoms. The van der Waals surface area contributed by atoms with Crippen LogP contribution in [0.5, 0.6) is 11.5 Å². The largest absolute Gasteiger partial charge is 0.508 e. The van der Waals surface area contributed by atoms with Gasteiger partial charge in [0.1, 0.15) is 23.1 Å². The number of hydrogen-bond acceptors (Lipinski definition) is 4. The highest BCUT2D eigenvalue weighted by Crippen LogP contribution is 2.60. The molecule has 0 bridgehead atoms. The lowest BCUT2D eigenvalue weighted by Crippen LogP contribution is -2.55. The van der Waals surface area contributed by atoms with Gasteiger partial charge in [-0.25, -0.2) is 0 Å². The first-order valence-electron chi connectivity index (χ1n) is 15.1. The van der Waals surface area contributed by atoms with Gasteiger partial charge < -0.3 is 10.2 Å². The number of phenols is 2. The Hall–Kier alpha value is -2.62. The maximum Gasteiger partial charge on any atom is 0.146 e. The van der Waals surface area contributed by atoms with Gasteiger partial charge in [-0.2, -0.15) is 0 Å². The van der Waals surface area contributed by atoms with Crippen molar-refractivity contribution in [3.05, 3.63) is 58.7 Å². The maximum absolute atomic E-state index is 14.3. The number of fused-ring (bicyclic) bond motifs is 6. The molecular weight excluding hydrogens is 484 g/mol. The van der Waals surface area contributed by atoms with Crippen molar-refractivity contribution in [2.45, 2.75) is 109 Å². The highest BCUT2D eigenvalue weighted by Gasteiger charge is 2.58. The van der Waals surface area contributed by atoms with Gasteiger partial charge in [-0.3, -0.25) is 9.59 Å². The van der Waals surface area contributed by atoms with E-state index in [2.05, 4.69) is 27.7 Å². The number of aryl methyl sites for hydroxylation is 2. The van der Waals surface area contributed by atoms with Crippen LogP contribution in [0.1, 0.15) is 108 Å². The van der Waals surface area contributed by atoms with E-state index in [9.17, 15) is 19.8 Å². The molecule has 0 unspecified atom stereocenters. The molecule has 6 atom stereocenters. The van der Waals surface area contributed by atoms with Crippen molar-refractivity contribution in [3.63, 3.8) is 0 Å². The molecule has 39 heavy (non-hydrogen) atoms. The van der Waals surface area contributed by atoms with Crippen LogP contribution in [-0.2, 0) is 33.3 Å². The van der Waals surface area contributed by atoms with E-state index in [1.165, 1.54) is 22.3 Å². The average Bonchev–Trinajstić information content (AvgIpc) is 2.89. The molecule has 4 aliphatic carbocycles. The Labute approximate surface area is 233 Å². The van der Waals surface area contributed by atoms with Crippen molar-refractivity contribution in [1.29, 1.82) is 0 Å². The Balaban J connectivity index is 1.28. The number of ketones is 2. The minimum absolute atomic E-state index is 0.0198. The zero-order valence-corrected chi connectivity index (χ0v) is 24.1. The van der Waals surface area contributed by atoms with Crippen LogP contribution < -0.4 is 0 Å². The molecule has 2 aromatic rings. The third-order valence-corrected chi connectivity index (χ3v) is 12.3. The summed E-state index contributed by atoms with van der Waals surface area (Å²) >= 11 is 0. The normalized spacial score (nSPS) is 37.1. The number of carbonyl (C=O) groups is 2. The van der Waals surface area contributed by atoms with Crippen LogP contribution in [0, 0.1) is 22.7 Å². The molecule has 2 N–H and O–H groups in total. The van der Waals surface area contributed by atoms with Crippen LogP contribution in [-0.4, -0.2) is 21.8 Å². The summed E-state index contributed by atoms with van der Waals surface area (Å²) < 4.78 is 0. The van der Waals surface area contributed by atoms with Crippen molar-refractivity contribution in [3.8, 4) is 11.5 Å². The van der Waals surface area contributed by atoms with Crippen LogP contribution >= 0.6 is 0 Å². The first kappa shape index (κ1) is 26.6. The van der Waals surface area contributed by atoms with E-state index in [4.69, 9.17) is 0 Å². The van der Waals surface area contributed by atoms with E-state index >= 15 is 0 Å². The van der Waals surface area contributed by atoms with Gasteiger partial charge in [0.15, 0.2) is 0 Å². The summed E-state index contributed by atoms with van der Waals surface area (Å²) in [5.74, 6) is 1.16. The third-order valence-electron chi connectivity index (χ3n) is 12.3. The third kappa shape index (κ3) is 3.84. The van der Waals surface area contributed by atoms with Crippen LogP contribution in [0.2, 0.25) is 0 Å². The second-order valence-electron chi connectivity index (χ2n) is 14.3. The molecule has 0 saturated heterocycles. The molecular formula is C35H44O4. The molecule has 4 heteroatoms. The summed E-state index contributed by atoms with van der Waals surface area (Å²) in [4.78, 5) is 28.5. The van der Waals surface area contributed by atoms with Crippen molar-refractivity contribution >= 4 is 11.6 Å². The lowest BCUT2D eigenvalue weighted by molar-refractivity contribution is -0.146. The van der Waals surface area contributed by atoms with Crippen LogP contribution in [0.25, 0.3) is 0 Å². The first-order chi connectivity index (χ1) is 18.4. The van der Waals surface area contributed by atoms with Gasteiger partial charge in [-0.05, 0) is 121 Å². The summed E-state index contributed by atoms with van der Waals surface area (Å²) in [5, 5.41) is 20.6. The lowest BCUT2D eigenvalue weighted by atomic mass is 9.47. The topological polar surface area (TPSA) is 74.6 Å². The molecule has 6 rings (SSSR count). The number of rotatable bonds is 4. The number of carbonyl (C=O) groups excluding carboxylic acids is 2. The van der Waals surface area contributed by atoms with Crippen molar-refractivity contribution < 1.29 is 19.8 Å². The Morgan fingerprint density at radius 2 is 1.10 bits per heavy atom. The zero-order chi connectivity index (χ0) is 27.8. The molecule has 0 heterocycles. The highest BCUT2D eigenvalue weighted by molar-refractivity contribution is 6.04. The Kier molecular flexibility index (Phi) is 6.10. The van der Waals surface area contributed by atoms with Gasteiger partial charge in [0.05, 0.1) is 6.42 Å². The Morgan fingerprint density at radius 3 is 1.51 bits per heavy atom. The van der Waals surface area contributed by atoms with E-state index in [1.807, 2.05) is 24.3 Å². The van der Waals surface area contributed by atoms with E-state index in [-0.39, 0.29) is 40.7 Å². The summed E-state index contributed by atoms with van der Waals surface area (Å²) in [6, 6.07) is 11.5. The minimum atomic E-state index is -0.537. The van der Waals surface area contributed by atoms with Gasteiger partial charge >= 0.3 is 0 Å². The van der Waals surface area contributed by atoms with Gasteiger partial charge in [0.25, 0.3) is 0 Å². The minimum Gasteiger partial charge on any atom is -0.508 e. The Morgan fingerprint density at radius 1 is 0.692 bits per heavy atom.